The fourth-order valence-electron chi connectivity index (χ4n) is 3.64. The van der Waals surface area contributed by atoms with Crippen LogP contribution in [0, 0.1) is 0 Å². The lowest BCUT2D eigenvalue weighted by atomic mass is 10.0. The molecule has 0 aliphatic carbocycles. The minimum Gasteiger partial charge on any atom is -0.325 e. The van der Waals surface area contributed by atoms with Crippen molar-refractivity contribution in [2.24, 2.45) is 0 Å². The number of nitrogens with one attached hydrogen (secondary N) is 1. The summed E-state index contributed by atoms with van der Waals surface area (Å²) < 4.78 is 48.6. The highest BCUT2D eigenvalue weighted by atomic mass is 32.2. The first-order chi connectivity index (χ1) is 12.5. The maximum atomic E-state index is 12.4. The second kappa shape index (κ2) is 7.40. The summed E-state index contributed by atoms with van der Waals surface area (Å²) in [4.78, 5) is 14.1. The van der Waals surface area contributed by atoms with Crippen molar-refractivity contribution in [2.45, 2.75) is 25.3 Å². The van der Waals surface area contributed by atoms with Gasteiger partial charge in [-0.2, -0.15) is 0 Å². The van der Waals surface area contributed by atoms with Gasteiger partial charge in [-0.1, -0.05) is 6.07 Å². The molecule has 0 aromatic heterocycles. The van der Waals surface area contributed by atoms with Gasteiger partial charge in [-0.3, -0.25) is 14.0 Å². The number of likely N-dealkylation sites (N-methyl/N-ethyl adjacent to an activating group) is 1. The van der Waals surface area contributed by atoms with Gasteiger partial charge in [0.2, 0.25) is 15.9 Å². The van der Waals surface area contributed by atoms with E-state index in [0.29, 0.717) is 24.3 Å². The van der Waals surface area contributed by atoms with E-state index in [1.807, 2.05) is 6.07 Å². The van der Waals surface area contributed by atoms with Gasteiger partial charge in [-0.15, -0.1) is 0 Å². The Morgan fingerprint density at radius 2 is 2.11 bits per heavy atom. The molecule has 10 heteroatoms. The van der Waals surface area contributed by atoms with Crippen LogP contribution in [0.15, 0.2) is 18.2 Å². The van der Waals surface area contributed by atoms with Crippen LogP contribution in [-0.4, -0.2) is 71.6 Å². The van der Waals surface area contributed by atoms with Crippen molar-refractivity contribution in [3.63, 3.8) is 0 Å². The molecule has 27 heavy (non-hydrogen) atoms. The van der Waals surface area contributed by atoms with Crippen LogP contribution in [0.2, 0.25) is 0 Å². The molecule has 1 aromatic carbocycles. The Morgan fingerprint density at radius 3 is 2.74 bits per heavy atom. The fraction of sp³-hybridized carbons (Fsp3) is 0.588. The molecular weight excluding hydrogens is 390 g/mol. The summed E-state index contributed by atoms with van der Waals surface area (Å²) in [7, 11) is -4.63. The molecule has 2 heterocycles. The summed E-state index contributed by atoms with van der Waals surface area (Å²) >= 11 is 0. The van der Waals surface area contributed by atoms with Crippen molar-refractivity contribution in [2.75, 3.05) is 47.5 Å². The molecular formula is C17H25N3O5S2. The van der Waals surface area contributed by atoms with Crippen molar-refractivity contribution in [1.29, 1.82) is 0 Å². The predicted molar refractivity (Wildman–Crippen MR) is 105 cm³/mol. The molecule has 0 radical (unpaired) electrons. The van der Waals surface area contributed by atoms with E-state index in [4.69, 9.17) is 0 Å². The number of rotatable bonds is 5. The highest BCUT2D eigenvalue weighted by Gasteiger charge is 2.31. The molecule has 2 aliphatic rings. The average Bonchev–Trinajstić information content (AvgIpc) is 2.93. The third-order valence-electron chi connectivity index (χ3n) is 5.07. The van der Waals surface area contributed by atoms with Crippen LogP contribution in [0.4, 0.5) is 11.4 Å². The molecule has 1 amide bonds. The normalized spacial score (nSPS) is 21.9. The van der Waals surface area contributed by atoms with Gasteiger partial charge < -0.3 is 5.32 Å². The molecule has 1 N–H and O–H groups in total. The standard InChI is InChI=1S/C17H25N3O5S2/c1-19(15-7-9-27(24,25)12-15)11-17(21)18-14-6-5-13-4-3-8-20(16(13)10-14)26(2,22)23/h5-6,10,15H,3-4,7-9,11-12H2,1-2H3,(H,18,21). The average molecular weight is 416 g/mol. The van der Waals surface area contributed by atoms with Crippen LogP contribution < -0.4 is 9.62 Å². The molecule has 8 nitrogen and oxygen atoms in total. The maximum Gasteiger partial charge on any atom is 0.238 e. The zero-order chi connectivity index (χ0) is 19.8. The number of hydrogen-bond donors (Lipinski definition) is 1. The number of nitrogens with zero attached hydrogens (tertiary/aromatic N) is 2. The first kappa shape index (κ1) is 20.1. The summed E-state index contributed by atoms with van der Waals surface area (Å²) in [6.07, 6.45) is 3.28. The molecule has 1 saturated heterocycles. The molecule has 2 aliphatic heterocycles. The Kier molecular flexibility index (Phi) is 5.51. The highest BCUT2D eigenvalue weighted by molar-refractivity contribution is 7.92. The first-order valence-corrected chi connectivity index (χ1v) is 12.5. The van der Waals surface area contributed by atoms with Crippen molar-refractivity contribution < 1.29 is 21.6 Å². The third kappa shape index (κ3) is 4.80. The number of carbonyl (C=O) groups is 1. The van der Waals surface area contributed by atoms with E-state index in [9.17, 15) is 21.6 Å². The zero-order valence-electron chi connectivity index (χ0n) is 15.5. The Bertz CT molecular complexity index is 943. The number of fused-ring (bicyclic) bond motifs is 1. The van der Waals surface area contributed by atoms with Crippen molar-refractivity contribution in [1.82, 2.24) is 4.90 Å². The monoisotopic (exact) mass is 415 g/mol. The number of benzene rings is 1. The molecule has 1 atom stereocenters. The van der Waals surface area contributed by atoms with E-state index in [0.717, 1.165) is 18.4 Å². The van der Waals surface area contributed by atoms with E-state index in [-0.39, 0.29) is 30.0 Å². The molecule has 0 spiro atoms. The number of sulfonamides is 1. The van der Waals surface area contributed by atoms with Crippen LogP contribution in [0.1, 0.15) is 18.4 Å². The summed E-state index contributed by atoms with van der Waals surface area (Å²) in [6.45, 7) is 0.509. The van der Waals surface area contributed by atoms with Gasteiger partial charge in [0.25, 0.3) is 0 Å². The Morgan fingerprint density at radius 1 is 1.37 bits per heavy atom. The van der Waals surface area contributed by atoms with Gasteiger partial charge in [-0.25, -0.2) is 16.8 Å². The van der Waals surface area contributed by atoms with Crippen molar-refractivity contribution in [3.8, 4) is 0 Å². The second-order valence-corrected chi connectivity index (χ2v) is 11.4. The van der Waals surface area contributed by atoms with Crippen LogP contribution in [0.3, 0.4) is 0 Å². The molecule has 1 fully saturated rings. The van der Waals surface area contributed by atoms with E-state index in [1.165, 1.54) is 10.6 Å². The van der Waals surface area contributed by atoms with Crippen molar-refractivity contribution >= 4 is 37.1 Å². The number of carbonyl (C=O) groups excluding carboxylic acids is 1. The summed E-state index contributed by atoms with van der Waals surface area (Å²) in [5.41, 5.74) is 2.08. The number of anilines is 2. The third-order valence-corrected chi connectivity index (χ3v) is 8.00. The molecule has 1 aromatic rings. The number of amides is 1. The molecule has 0 bridgehead atoms. The van der Waals surface area contributed by atoms with Gasteiger partial charge in [0.15, 0.2) is 9.84 Å². The van der Waals surface area contributed by atoms with Gasteiger partial charge in [0, 0.05) is 18.3 Å². The Hall–Kier alpha value is -1.65. The van der Waals surface area contributed by atoms with Crippen LogP contribution in [0.25, 0.3) is 0 Å². The maximum absolute atomic E-state index is 12.4. The minimum absolute atomic E-state index is 0.0765. The van der Waals surface area contributed by atoms with Gasteiger partial charge in [0.05, 0.1) is 30.0 Å². The van der Waals surface area contributed by atoms with E-state index in [1.54, 1.807) is 24.1 Å². The van der Waals surface area contributed by atoms with Gasteiger partial charge in [0.1, 0.15) is 0 Å². The summed E-state index contributed by atoms with van der Waals surface area (Å²) in [5.74, 6) is -0.0159. The van der Waals surface area contributed by atoms with Crippen LogP contribution in [0.5, 0.6) is 0 Å². The van der Waals surface area contributed by atoms with Gasteiger partial charge >= 0.3 is 0 Å². The molecule has 3 rings (SSSR count). The number of sulfone groups is 1. The van der Waals surface area contributed by atoms with Crippen molar-refractivity contribution in [3.05, 3.63) is 23.8 Å². The highest BCUT2D eigenvalue weighted by Crippen LogP contribution is 2.31. The second-order valence-electron chi connectivity index (χ2n) is 7.30. The lowest BCUT2D eigenvalue weighted by Gasteiger charge is -2.29. The predicted octanol–water partition coefficient (Wildman–Crippen LogP) is 0.456. The van der Waals surface area contributed by atoms with Gasteiger partial charge in [-0.05, 0) is 44.0 Å². The minimum atomic E-state index is -3.37. The topological polar surface area (TPSA) is 104 Å². The Balaban J connectivity index is 1.68. The Labute approximate surface area is 160 Å². The van der Waals surface area contributed by atoms with Crippen LogP contribution in [-0.2, 0) is 31.1 Å². The molecule has 0 saturated carbocycles. The van der Waals surface area contributed by atoms with E-state index < -0.39 is 19.9 Å². The fourth-order valence-corrected chi connectivity index (χ4v) is 6.44. The number of aryl methyl sites for hydroxylation is 1. The van der Waals surface area contributed by atoms with Crippen LogP contribution >= 0.6 is 0 Å². The summed E-state index contributed by atoms with van der Waals surface area (Å²) in [6, 6.07) is 5.15. The summed E-state index contributed by atoms with van der Waals surface area (Å²) in [5, 5.41) is 2.79. The largest absolute Gasteiger partial charge is 0.325 e. The molecule has 1 unspecified atom stereocenters. The first-order valence-electron chi connectivity index (χ1n) is 8.86. The van der Waals surface area contributed by atoms with E-state index >= 15 is 0 Å². The quantitative estimate of drug-likeness (QED) is 0.749. The zero-order valence-corrected chi connectivity index (χ0v) is 17.1. The molecule has 150 valence electrons. The lowest BCUT2D eigenvalue weighted by molar-refractivity contribution is -0.117. The van der Waals surface area contributed by atoms with E-state index in [2.05, 4.69) is 5.32 Å². The smallest absolute Gasteiger partial charge is 0.238 e. The lowest BCUT2D eigenvalue weighted by Crippen LogP contribution is -2.38. The number of hydrogen-bond acceptors (Lipinski definition) is 6. The SMILES string of the molecule is CN(CC(=O)Nc1ccc2c(c1)N(S(C)(=O)=O)CCC2)C1CCS(=O)(=O)C1.